The fourth-order valence-corrected chi connectivity index (χ4v) is 3.64. The van der Waals surface area contributed by atoms with E-state index in [1.165, 1.54) is 32.1 Å². The Morgan fingerprint density at radius 3 is 2.67 bits per heavy atom. The Morgan fingerprint density at radius 1 is 1.33 bits per heavy atom. The van der Waals surface area contributed by atoms with Gasteiger partial charge in [0.2, 0.25) is 0 Å². The van der Waals surface area contributed by atoms with Crippen LogP contribution in [0.25, 0.3) is 0 Å². The summed E-state index contributed by atoms with van der Waals surface area (Å²) in [6.45, 7) is 0.792. The number of nitrogens with zero attached hydrogens (tertiary/aromatic N) is 1. The molecule has 0 amide bonds. The lowest BCUT2D eigenvalue weighted by Crippen LogP contribution is -2.54. The van der Waals surface area contributed by atoms with Gasteiger partial charge in [0.15, 0.2) is 5.22 Å². The van der Waals surface area contributed by atoms with Gasteiger partial charge in [0.25, 0.3) is 0 Å². The minimum Gasteiger partial charge on any atom is -0.448 e. The average Bonchev–Trinajstić information content (AvgIpc) is 2.73. The van der Waals surface area contributed by atoms with E-state index in [0.29, 0.717) is 11.3 Å². The van der Waals surface area contributed by atoms with E-state index in [4.69, 9.17) is 16.0 Å². The molecule has 0 aromatic carbocycles. The second kappa shape index (κ2) is 5.24. The molecule has 4 heteroatoms. The minimum absolute atomic E-state index is 0.479. The van der Waals surface area contributed by atoms with Crippen LogP contribution in [0.4, 0.5) is 0 Å². The molecule has 2 unspecified atom stereocenters. The Bertz CT molecular complexity index is 392. The molecular formula is C14H21ClN2O. The molecule has 2 aliphatic heterocycles. The summed E-state index contributed by atoms with van der Waals surface area (Å²) in [5.74, 6) is 0.934. The number of hydrogen-bond donors (Lipinski definition) is 1. The van der Waals surface area contributed by atoms with Crippen LogP contribution in [0.1, 0.15) is 37.9 Å². The minimum atomic E-state index is 0.479. The van der Waals surface area contributed by atoms with Gasteiger partial charge in [0.05, 0.1) is 6.54 Å². The van der Waals surface area contributed by atoms with Gasteiger partial charge in [0, 0.05) is 18.1 Å². The molecule has 2 aliphatic rings. The van der Waals surface area contributed by atoms with E-state index in [-0.39, 0.29) is 0 Å². The maximum absolute atomic E-state index is 5.78. The first-order valence-electron chi connectivity index (χ1n) is 6.92. The second-order valence-electron chi connectivity index (χ2n) is 5.66. The zero-order valence-electron chi connectivity index (χ0n) is 10.9. The first-order valence-corrected chi connectivity index (χ1v) is 7.29. The Morgan fingerprint density at radius 2 is 2.06 bits per heavy atom. The Balaban J connectivity index is 1.55. The molecule has 2 atom stereocenters. The smallest absolute Gasteiger partial charge is 0.193 e. The number of nitrogens with one attached hydrogen (secondary N) is 1. The van der Waals surface area contributed by atoms with Crippen molar-refractivity contribution in [2.45, 2.75) is 56.8 Å². The highest BCUT2D eigenvalue weighted by Crippen LogP contribution is 2.32. The first-order chi connectivity index (χ1) is 8.72. The second-order valence-corrected chi connectivity index (χ2v) is 6.03. The van der Waals surface area contributed by atoms with Gasteiger partial charge in [-0.25, -0.2) is 0 Å². The van der Waals surface area contributed by atoms with E-state index in [0.717, 1.165) is 24.4 Å². The van der Waals surface area contributed by atoms with Crippen LogP contribution in [0, 0.1) is 0 Å². The predicted octanol–water partition coefficient (Wildman–Crippen LogP) is 3.04. The third kappa shape index (κ3) is 2.58. The third-order valence-corrected chi connectivity index (χ3v) is 4.74. The standard InChI is InChI=1S/C14H21ClN2O/c1-17-11-3-2-4-12(17)8-10(7-11)16-9-13-5-6-14(15)18-13/h5-6,10-12,16H,2-4,7-9H2,1H3. The van der Waals surface area contributed by atoms with Crippen molar-refractivity contribution in [1.82, 2.24) is 10.2 Å². The molecule has 0 aliphatic carbocycles. The molecule has 1 N–H and O–H groups in total. The van der Waals surface area contributed by atoms with Crippen LogP contribution >= 0.6 is 11.6 Å². The highest BCUT2D eigenvalue weighted by molar-refractivity contribution is 6.28. The fourth-order valence-electron chi connectivity index (χ4n) is 3.47. The van der Waals surface area contributed by atoms with Gasteiger partial charge in [-0.15, -0.1) is 0 Å². The van der Waals surface area contributed by atoms with Crippen LogP contribution in [0.15, 0.2) is 16.5 Å². The fraction of sp³-hybridized carbons (Fsp3) is 0.714. The summed E-state index contributed by atoms with van der Waals surface area (Å²) in [5, 5.41) is 4.10. The quantitative estimate of drug-likeness (QED) is 0.913. The van der Waals surface area contributed by atoms with E-state index < -0.39 is 0 Å². The summed E-state index contributed by atoms with van der Waals surface area (Å²) in [6.07, 6.45) is 6.65. The molecule has 3 rings (SSSR count). The summed E-state index contributed by atoms with van der Waals surface area (Å²) in [5.41, 5.74) is 0. The summed E-state index contributed by atoms with van der Waals surface area (Å²) in [6, 6.07) is 5.93. The molecule has 18 heavy (non-hydrogen) atoms. The monoisotopic (exact) mass is 268 g/mol. The Hall–Kier alpha value is -0.510. The molecule has 0 saturated carbocycles. The summed E-state index contributed by atoms with van der Waals surface area (Å²) < 4.78 is 5.38. The molecule has 1 aromatic heterocycles. The van der Waals surface area contributed by atoms with Gasteiger partial charge < -0.3 is 14.6 Å². The molecule has 3 nitrogen and oxygen atoms in total. The highest BCUT2D eigenvalue weighted by atomic mass is 35.5. The lowest BCUT2D eigenvalue weighted by atomic mass is 9.82. The normalized spacial score (nSPS) is 32.7. The van der Waals surface area contributed by atoms with Gasteiger partial charge in [-0.2, -0.15) is 0 Å². The maximum atomic E-state index is 5.78. The van der Waals surface area contributed by atoms with Crippen LogP contribution in [-0.2, 0) is 6.54 Å². The van der Waals surface area contributed by atoms with Gasteiger partial charge in [-0.05, 0) is 56.5 Å². The van der Waals surface area contributed by atoms with Crippen LogP contribution < -0.4 is 5.32 Å². The molecule has 0 radical (unpaired) electrons. The van der Waals surface area contributed by atoms with Crippen molar-refractivity contribution in [1.29, 1.82) is 0 Å². The van der Waals surface area contributed by atoms with Gasteiger partial charge in [-0.1, -0.05) is 6.42 Å². The number of piperidine rings is 2. The molecule has 0 spiro atoms. The Kier molecular flexibility index (Phi) is 3.64. The maximum Gasteiger partial charge on any atom is 0.193 e. The van der Waals surface area contributed by atoms with Crippen molar-refractivity contribution >= 4 is 11.6 Å². The van der Waals surface area contributed by atoms with Crippen molar-refractivity contribution in [3.63, 3.8) is 0 Å². The van der Waals surface area contributed by atoms with Gasteiger partial charge in [-0.3, -0.25) is 0 Å². The molecule has 2 bridgehead atoms. The molecule has 100 valence electrons. The average molecular weight is 269 g/mol. The van der Waals surface area contributed by atoms with Crippen LogP contribution in [0.3, 0.4) is 0 Å². The highest BCUT2D eigenvalue weighted by Gasteiger charge is 2.35. The first kappa shape index (κ1) is 12.5. The van der Waals surface area contributed by atoms with Crippen molar-refractivity contribution in [3.8, 4) is 0 Å². The van der Waals surface area contributed by atoms with E-state index in [1.807, 2.05) is 12.1 Å². The number of furan rings is 1. The van der Waals surface area contributed by atoms with E-state index in [2.05, 4.69) is 17.3 Å². The summed E-state index contributed by atoms with van der Waals surface area (Å²) >= 11 is 5.78. The molecular weight excluding hydrogens is 248 g/mol. The predicted molar refractivity (Wildman–Crippen MR) is 72.8 cm³/mol. The van der Waals surface area contributed by atoms with Crippen LogP contribution in [0.5, 0.6) is 0 Å². The molecule has 2 saturated heterocycles. The summed E-state index contributed by atoms with van der Waals surface area (Å²) in [4.78, 5) is 2.59. The lowest BCUT2D eigenvalue weighted by Gasteiger charge is -2.47. The van der Waals surface area contributed by atoms with Gasteiger partial charge in [0.1, 0.15) is 5.76 Å². The molecule has 2 fully saturated rings. The molecule has 3 heterocycles. The van der Waals surface area contributed by atoms with E-state index in [9.17, 15) is 0 Å². The largest absolute Gasteiger partial charge is 0.448 e. The third-order valence-electron chi connectivity index (χ3n) is 4.53. The zero-order valence-corrected chi connectivity index (χ0v) is 11.6. The number of hydrogen-bond acceptors (Lipinski definition) is 3. The Labute approximate surface area is 113 Å². The van der Waals surface area contributed by atoms with Crippen LogP contribution in [-0.4, -0.2) is 30.1 Å². The van der Waals surface area contributed by atoms with Crippen LogP contribution in [0.2, 0.25) is 5.22 Å². The SMILES string of the molecule is CN1C2CCCC1CC(NCc1ccc(Cl)o1)C2. The number of rotatable bonds is 3. The summed E-state index contributed by atoms with van der Waals surface area (Å²) in [7, 11) is 2.29. The lowest BCUT2D eigenvalue weighted by molar-refractivity contribution is 0.0478. The zero-order chi connectivity index (χ0) is 12.5. The topological polar surface area (TPSA) is 28.4 Å². The van der Waals surface area contributed by atoms with E-state index >= 15 is 0 Å². The number of fused-ring (bicyclic) bond motifs is 2. The van der Waals surface area contributed by atoms with E-state index in [1.54, 1.807) is 0 Å². The van der Waals surface area contributed by atoms with Crippen molar-refractivity contribution in [3.05, 3.63) is 23.1 Å². The number of halogens is 1. The van der Waals surface area contributed by atoms with Crippen molar-refractivity contribution in [2.24, 2.45) is 0 Å². The van der Waals surface area contributed by atoms with Crippen molar-refractivity contribution in [2.75, 3.05) is 7.05 Å². The molecule has 1 aromatic rings. The van der Waals surface area contributed by atoms with Gasteiger partial charge >= 0.3 is 0 Å². The van der Waals surface area contributed by atoms with Crippen molar-refractivity contribution < 1.29 is 4.42 Å².